The second-order valence-corrected chi connectivity index (χ2v) is 12.6. The minimum atomic E-state index is -1.02. The van der Waals surface area contributed by atoms with Crippen molar-refractivity contribution in [2.45, 2.75) is 37.4 Å². The Bertz CT molecular complexity index is 2050. The third-order valence-electron chi connectivity index (χ3n) is 9.83. The van der Waals surface area contributed by atoms with Gasteiger partial charge in [-0.2, -0.15) is 10.2 Å². The molecule has 3 aliphatic heterocycles. The van der Waals surface area contributed by atoms with Crippen LogP contribution in [0.25, 0.3) is 16.8 Å². The molecule has 0 aromatic heterocycles. The number of ether oxygens (including phenoxy) is 2. The molecule has 0 N–H and O–H groups in total. The van der Waals surface area contributed by atoms with Crippen LogP contribution in [0.2, 0.25) is 0 Å². The SMILES string of the molecule is COc1ccc(/C=C2\CCC[C@@H]3C2=NN(C(=O)CN2N=N[C@@H]4C(=O)N(c5cccc6ccccc56)C(=O)[C@@H]42)[C@@H]3c2ccc(OC)cc2)cc1. The quantitative estimate of drug-likeness (QED) is 0.227. The normalized spacial score (nSPS) is 23.7. The molecule has 2 fully saturated rings. The molecule has 0 radical (unpaired) electrons. The standard InChI is InChI=1S/C38H34N6O5/c1-48-27-17-13-23(14-18-27)21-26-9-5-11-30-33(26)40-44(35(30)25-15-19-28(49-2)20-16-25)32(45)22-42-36-34(39-41-42)37(46)43(38(36)47)31-12-6-8-24-7-3-4-10-29(24)31/h3-4,6-8,10,12-21,30,34-36H,5,9,11,22H2,1-2H3/b26-21+/t30-,34+,35-,36-/m1/s1. The second kappa shape index (κ2) is 12.3. The van der Waals surface area contributed by atoms with E-state index in [1.165, 1.54) is 9.91 Å². The molecule has 3 amide bonds. The minimum absolute atomic E-state index is 0.0277. The predicted molar refractivity (Wildman–Crippen MR) is 184 cm³/mol. The molecule has 1 aliphatic carbocycles. The molecule has 4 atom stereocenters. The number of carbonyl (C=O) groups is 3. The van der Waals surface area contributed by atoms with Crippen molar-refractivity contribution >= 4 is 46.0 Å². The number of allylic oxidation sites excluding steroid dienone is 1. The van der Waals surface area contributed by atoms with Crippen LogP contribution < -0.4 is 14.4 Å². The minimum Gasteiger partial charge on any atom is -0.497 e. The molecule has 4 aromatic rings. The molecule has 1 saturated heterocycles. The Kier molecular flexibility index (Phi) is 7.66. The Morgan fingerprint density at radius 2 is 1.57 bits per heavy atom. The number of methoxy groups -OCH3 is 2. The highest BCUT2D eigenvalue weighted by molar-refractivity contribution is 6.27. The summed E-state index contributed by atoms with van der Waals surface area (Å²) in [7, 11) is 3.26. The Morgan fingerprint density at radius 3 is 2.33 bits per heavy atom. The summed E-state index contributed by atoms with van der Waals surface area (Å²) in [5.41, 5.74) is 4.41. The number of anilines is 1. The molecule has 1 saturated carbocycles. The van der Waals surface area contributed by atoms with Crippen LogP contribution in [0.3, 0.4) is 0 Å². The van der Waals surface area contributed by atoms with Crippen LogP contribution in [0.4, 0.5) is 5.69 Å². The maximum atomic E-state index is 14.3. The fourth-order valence-corrected chi connectivity index (χ4v) is 7.45. The van der Waals surface area contributed by atoms with E-state index in [2.05, 4.69) is 16.4 Å². The van der Waals surface area contributed by atoms with E-state index < -0.39 is 23.9 Å². The number of amides is 3. The third kappa shape index (κ3) is 5.22. The fourth-order valence-electron chi connectivity index (χ4n) is 7.45. The smallest absolute Gasteiger partial charge is 0.264 e. The first kappa shape index (κ1) is 30.5. The van der Waals surface area contributed by atoms with E-state index in [1.54, 1.807) is 25.3 Å². The van der Waals surface area contributed by atoms with Crippen molar-refractivity contribution < 1.29 is 23.9 Å². The second-order valence-electron chi connectivity index (χ2n) is 12.6. The lowest BCUT2D eigenvalue weighted by Crippen LogP contribution is -2.45. The zero-order chi connectivity index (χ0) is 33.6. The summed E-state index contributed by atoms with van der Waals surface area (Å²) in [6.45, 7) is -0.263. The Balaban J connectivity index is 1.10. The first-order valence-electron chi connectivity index (χ1n) is 16.4. The summed E-state index contributed by atoms with van der Waals surface area (Å²) in [5, 5.41) is 17.9. The molecule has 3 heterocycles. The zero-order valence-electron chi connectivity index (χ0n) is 27.1. The van der Waals surface area contributed by atoms with E-state index >= 15 is 0 Å². The number of rotatable bonds is 7. The highest BCUT2D eigenvalue weighted by Crippen LogP contribution is 2.45. The van der Waals surface area contributed by atoms with Gasteiger partial charge in [0.2, 0.25) is 0 Å². The van der Waals surface area contributed by atoms with Crippen molar-refractivity contribution in [1.29, 1.82) is 0 Å². The van der Waals surface area contributed by atoms with Crippen molar-refractivity contribution in [1.82, 2.24) is 10.0 Å². The topological polar surface area (TPSA) is 116 Å². The molecule has 4 aliphatic rings. The largest absolute Gasteiger partial charge is 0.497 e. The van der Waals surface area contributed by atoms with E-state index in [1.807, 2.05) is 84.9 Å². The number of hydrogen-bond donors (Lipinski definition) is 0. The van der Waals surface area contributed by atoms with Gasteiger partial charge in [-0.3, -0.25) is 19.4 Å². The molecule has 0 unspecified atom stereocenters. The van der Waals surface area contributed by atoms with Crippen LogP contribution in [-0.2, 0) is 14.4 Å². The number of benzene rings is 4. The Labute approximate surface area is 283 Å². The van der Waals surface area contributed by atoms with Gasteiger partial charge in [-0.15, -0.1) is 0 Å². The van der Waals surface area contributed by atoms with Crippen LogP contribution in [0.1, 0.15) is 36.4 Å². The van der Waals surface area contributed by atoms with E-state index in [4.69, 9.17) is 14.6 Å². The molecule has 49 heavy (non-hydrogen) atoms. The van der Waals surface area contributed by atoms with E-state index in [-0.39, 0.29) is 24.4 Å². The van der Waals surface area contributed by atoms with Crippen LogP contribution in [0.15, 0.2) is 112 Å². The zero-order valence-corrected chi connectivity index (χ0v) is 27.1. The Morgan fingerprint density at radius 1 is 0.857 bits per heavy atom. The number of imide groups is 1. The monoisotopic (exact) mass is 654 g/mol. The van der Waals surface area contributed by atoms with Crippen molar-refractivity contribution in [2.24, 2.45) is 21.4 Å². The van der Waals surface area contributed by atoms with E-state index in [0.717, 1.165) is 58.2 Å². The van der Waals surface area contributed by atoms with Crippen LogP contribution in [0.5, 0.6) is 11.5 Å². The molecule has 0 bridgehead atoms. The van der Waals surface area contributed by atoms with Gasteiger partial charge in [0.05, 0.1) is 31.7 Å². The number of fused-ring (bicyclic) bond motifs is 3. The van der Waals surface area contributed by atoms with Gasteiger partial charge < -0.3 is 9.47 Å². The number of hydrogen-bond acceptors (Lipinski definition) is 9. The molecule has 8 rings (SSSR count). The lowest BCUT2D eigenvalue weighted by molar-refractivity contribution is -0.136. The summed E-state index contributed by atoms with van der Waals surface area (Å²) in [4.78, 5) is 43.0. The van der Waals surface area contributed by atoms with Gasteiger partial charge in [0.1, 0.15) is 18.0 Å². The maximum absolute atomic E-state index is 14.3. The Hall–Kier alpha value is -5.84. The number of nitrogens with zero attached hydrogens (tertiary/aromatic N) is 6. The van der Waals surface area contributed by atoms with Gasteiger partial charge in [0.25, 0.3) is 17.7 Å². The van der Waals surface area contributed by atoms with Gasteiger partial charge in [-0.25, -0.2) is 9.91 Å². The summed E-state index contributed by atoms with van der Waals surface area (Å²) in [6.07, 6.45) is 4.78. The molecule has 11 nitrogen and oxygen atoms in total. The highest BCUT2D eigenvalue weighted by Gasteiger charge is 2.56. The lowest BCUT2D eigenvalue weighted by atomic mass is 9.77. The van der Waals surface area contributed by atoms with Crippen LogP contribution >= 0.6 is 0 Å². The van der Waals surface area contributed by atoms with Crippen molar-refractivity contribution in [3.05, 3.63) is 108 Å². The van der Waals surface area contributed by atoms with Gasteiger partial charge in [-0.05, 0) is 77.8 Å². The van der Waals surface area contributed by atoms with Gasteiger partial charge in [-0.1, -0.05) is 65.9 Å². The van der Waals surface area contributed by atoms with E-state index in [0.29, 0.717) is 11.4 Å². The van der Waals surface area contributed by atoms with Gasteiger partial charge in [0, 0.05) is 11.3 Å². The van der Waals surface area contributed by atoms with Crippen molar-refractivity contribution in [3.8, 4) is 11.5 Å². The first-order valence-corrected chi connectivity index (χ1v) is 16.4. The predicted octanol–water partition coefficient (Wildman–Crippen LogP) is 5.97. The average molecular weight is 655 g/mol. The number of hydrazone groups is 1. The molecule has 246 valence electrons. The van der Waals surface area contributed by atoms with Gasteiger partial charge in [0.15, 0.2) is 12.1 Å². The van der Waals surface area contributed by atoms with Crippen LogP contribution in [-0.4, -0.2) is 66.3 Å². The average Bonchev–Trinajstić information content (AvgIpc) is 3.81. The molecule has 0 spiro atoms. The maximum Gasteiger partial charge on any atom is 0.264 e. The summed E-state index contributed by atoms with van der Waals surface area (Å²) >= 11 is 0. The molecule has 4 aromatic carbocycles. The third-order valence-corrected chi connectivity index (χ3v) is 9.83. The fraction of sp³-hybridized carbons (Fsp3) is 0.263. The highest BCUT2D eigenvalue weighted by atomic mass is 16.5. The molecular weight excluding hydrogens is 620 g/mol. The first-order chi connectivity index (χ1) is 23.9. The molecule has 11 heteroatoms. The van der Waals surface area contributed by atoms with Gasteiger partial charge >= 0.3 is 0 Å². The van der Waals surface area contributed by atoms with Crippen LogP contribution in [0, 0.1) is 5.92 Å². The van der Waals surface area contributed by atoms with Crippen molar-refractivity contribution in [2.75, 3.05) is 25.7 Å². The molecular formula is C38H34N6O5. The van der Waals surface area contributed by atoms with E-state index in [9.17, 15) is 14.4 Å². The lowest BCUT2D eigenvalue weighted by Gasteiger charge is -2.30. The number of carbonyl (C=O) groups excluding carboxylic acids is 3. The van der Waals surface area contributed by atoms with Crippen molar-refractivity contribution in [3.63, 3.8) is 0 Å². The summed E-state index contributed by atoms with van der Waals surface area (Å²) in [5.74, 6) is 0.217. The summed E-state index contributed by atoms with van der Waals surface area (Å²) < 4.78 is 10.7. The summed E-state index contributed by atoms with van der Waals surface area (Å²) in [6, 6.07) is 26.3.